The van der Waals surface area contributed by atoms with Crippen molar-refractivity contribution in [3.05, 3.63) is 60.2 Å². The summed E-state index contributed by atoms with van der Waals surface area (Å²) in [6.07, 6.45) is 1.56. The smallest absolute Gasteiger partial charge is 0.382 e. The predicted octanol–water partition coefficient (Wildman–Crippen LogP) is 6.67. The van der Waals surface area contributed by atoms with Crippen LogP contribution in [0.2, 0.25) is 0 Å². The van der Waals surface area contributed by atoms with Crippen molar-refractivity contribution in [2.75, 3.05) is 5.32 Å². The van der Waals surface area contributed by atoms with E-state index < -0.39 is 11.7 Å². The van der Waals surface area contributed by atoms with Crippen LogP contribution in [0.3, 0.4) is 0 Å². The molecule has 0 spiro atoms. The summed E-state index contributed by atoms with van der Waals surface area (Å²) < 4.78 is 39.3. The maximum Gasteiger partial charge on any atom is 0.416 e. The van der Waals surface area contributed by atoms with Gasteiger partial charge < -0.3 is 5.32 Å². The molecule has 1 fully saturated rings. The molecule has 1 aliphatic carbocycles. The van der Waals surface area contributed by atoms with Gasteiger partial charge >= 0.3 is 6.18 Å². The van der Waals surface area contributed by atoms with E-state index in [0.717, 1.165) is 35.5 Å². The largest absolute Gasteiger partial charge is 0.416 e. The molecular weight excluding hydrogens is 349 g/mol. The molecule has 1 aromatic heterocycles. The van der Waals surface area contributed by atoms with E-state index in [9.17, 15) is 13.2 Å². The van der Waals surface area contributed by atoms with Gasteiger partial charge in [-0.3, -0.25) is 0 Å². The molecule has 140 valence electrons. The summed E-state index contributed by atoms with van der Waals surface area (Å²) in [4.78, 5) is 4.62. The van der Waals surface area contributed by atoms with Crippen molar-refractivity contribution in [3.63, 3.8) is 0 Å². The van der Waals surface area contributed by atoms with E-state index in [4.69, 9.17) is 0 Å². The number of aromatic nitrogens is 1. The third kappa shape index (κ3) is 3.92. The van der Waals surface area contributed by atoms with E-state index in [-0.39, 0.29) is 0 Å². The van der Waals surface area contributed by atoms with Gasteiger partial charge in [-0.15, -0.1) is 0 Å². The Hall–Kier alpha value is -2.56. The van der Waals surface area contributed by atoms with Crippen LogP contribution in [0.25, 0.3) is 22.2 Å². The minimum atomic E-state index is -4.37. The predicted molar refractivity (Wildman–Crippen MR) is 103 cm³/mol. The van der Waals surface area contributed by atoms with Crippen LogP contribution in [-0.4, -0.2) is 11.0 Å². The summed E-state index contributed by atoms with van der Waals surface area (Å²) in [5, 5.41) is 4.62. The van der Waals surface area contributed by atoms with Crippen LogP contribution in [0.5, 0.6) is 0 Å². The molecule has 4 rings (SSSR count). The number of alkyl halides is 3. The van der Waals surface area contributed by atoms with Gasteiger partial charge in [0, 0.05) is 22.7 Å². The molecule has 5 heteroatoms. The molecular formula is C22H21F3N2. The molecule has 3 aromatic rings. The van der Waals surface area contributed by atoms with Gasteiger partial charge in [-0.25, -0.2) is 4.98 Å². The molecule has 1 N–H and O–H groups in total. The molecule has 1 heterocycles. The van der Waals surface area contributed by atoms with Gasteiger partial charge in [-0.2, -0.15) is 13.2 Å². The molecule has 1 saturated carbocycles. The Balaban J connectivity index is 1.77. The van der Waals surface area contributed by atoms with Gasteiger partial charge in [0.15, 0.2) is 0 Å². The highest BCUT2D eigenvalue weighted by atomic mass is 19.4. The van der Waals surface area contributed by atoms with Gasteiger partial charge in [0.05, 0.1) is 16.8 Å². The molecule has 2 aromatic carbocycles. The second-order valence-electron chi connectivity index (χ2n) is 7.13. The van der Waals surface area contributed by atoms with Crippen molar-refractivity contribution < 1.29 is 13.2 Å². The van der Waals surface area contributed by atoms with Gasteiger partial charge in [0.25, 0.3) is 0 Å². The molecule has 0 bridgehead atoms. The Labute approximate surface area is 156 Å². The maximum atomic E-state index is 13.1. The van der Waals surface area contributed by atoms with Gasteiger partial charge in [0.1, 0.15) is 0 Å². The first-order valence-electron chi connectivity index (χ1n) is 9.35. The zero-order valence-corrected chi connectivity index (χ0v) is 14.9. The van der Waals surface area contributed by atoms with E-state index in [0.29, 0.717) is 17.3 Å². The van der Waals surface area contributed by atoms with E-state index >= 15 is 0 Å². The van der Waals surface area contributed by atoms with Crippen molar-refractivity contribution in [1.82, 2.24) is 4.98 Å². The summed E-state index contributed by atoms with van der Waals surface area (Å²) in [7, 11) is 0. The number of nitrogens with zero attached hydrogens (tertiary/aromatic N) is 1. The lowest BCUT2D eigenvalue weighted by Crippen LogP contribution is -2.22. The van der Waals surface area contributed by atoms with Crippen molar-refractivity contribution >= 4 is 16.6 Å². The van der Waals surface area contributed by atoms with Gasteiger partial charge in [-0.05, 0) is 37.1 Å². The molecule has 0 aliphatic heterocycles. The zero-order chi connectivity index (χ0) is 18.9. The Bertz CT molecular complexity index is 944. The third-order valence-corrected chi connectivity index (χ3v) is 5.17. The lowest BCUT2D eigenvalue weighted by molar-refractivity contribution is -0.137. The molecule has 27 heavy (non-hydrogen) atoms. The first kappa shape index (κ1) is 17.8. The lowest BCUT2D eigenvalue weighted by atomic mass is 9.95. The van der Waals surface area contributed by atoms with Gasteiger partial charge in [0.2, 0.25) is 0 Å². The molecule has 2 nitrogen and oxygen atoms in total. The number of pyridine rings is 1. The number of fused-ring (bicyclic) bond motifs is 1. The van der Waals surface area contributed by atoms with Gasteiger partial charge in [-0.1, -0.05) is 49.6 Å². The Morgan fingerprint density at radius 3 is 2.44 bits per heavy atom. The summed E-state index contributed by atoms with van der Waals surface area (Å²) in [6.45, 7) is 0. The maximum absolute atomic E-state index is 13.1. The topological polar surface area (TPSA) is 24.9 Å². The fourth-order valence-corrected chi connectivity index (χ4v) is 3.76. The summed E-state index contributed by atoms with van der Waals surface area (Å²) in [6, 6.07) is 15.4. The highest BCUT2D eigenvalue weighted by Gasteiger charge is 2.30. The Morgan fingerprint density at radius 2 is 1.67 bits per heavy atom. The Morgan fingerprint density at radius 1 is 0.889 bits per heavy atom. The second kappa shape index (κ2) is 7.22. The number of para-hydroxylation sites is 1. The highest BCUT2D eigenvalue weighted by Crippen LogP contribution is 2.34. The number of anilines is 1. The van der Waals surface area contributed by atoms with Crippen LogP contribution in [0, 0.1) is 0 Å². The first-order chi connectivity index (χ1) is 13.0. The molecule has 0 unspecified atom stereocenters. The minimum absolute atomic E-state index is 0.402. The standard InChI is InChI=1S/C22H21F3N2/c23-22(24,25)16-8-6-7-15(13-16)20-14-21(26-17-9-2-1-3-10-17)18-11-4-5-12-19(18)27-20/h4-8,11-14,17H,1-3,9-10H2,(H,26,27). The molecule has 0 saturated heterocycles. The molecule has 0 radical (unpaired) electrons. The highest BCUT2D eigenvalue weighted by molar-refractivity contribution is 5.93. The Kier molecular flexibility index (Phi) is 4.77. The van der Waals surface area contributed by atoms with E-state index in [1.807, 2.05) is 30.3 Å². The number of hydrogen-bond acceptors (Lipinski definition) is 2. The van der Waals surface area contributed by atoms with Crippen molar-refractivity contribution in [1.29, 1.82) is 0 Å². The number of halogens is 3. The summed E-state index contributed by atoms with van der Waals surface area (Å²) >= 11 is 0. The second-order valence-corrected chi connectivity index (χ2v) is 7.13. The summed E-state index contributed by atoms with van der Waals surface area (Å²) in [5.41, 5.74) is 2.10. The monoisotopic (exact) mass is 370 g/mol. The average molecular weight is 370 g/mol. The van der Waals surface area contributed by atoms with Crippen LogP contribution < -0.4 is 5.32 Å². The molecule has 0 atom stereocenters. The number of hydrogen-bond donors (Lipinski definition) is 1. The summed E-state index contributed by atoms with van der Waals surface area (Å²) in [5.74, 6) is 0. The number of rotatable bonds is 3. The van der Waals surface area contributed by atoms with Crippen molar-refractivity contribution in [3.8, 4) is 11.3 Å². The molecule has 1 aliphatic rings. The fraction of sp³-hybridized carbons (Fsp3) is 0.318. The average Bonchev–Trinajstić information content (AvgIpc) is 2.68. The van der Waals surface area contributed by atoms with E-state index in [2.05, 4.69) is 10.3 Å². The first-order valence-corrected chi connectivity index (χ1v) is 9.35. The fourth-order valence-electron chi connectivity index (χ4n) is 3.76. The zero-order valence-electron chi connectivity index (χ0n) is 14.9. The third-order valence-electron chi connectivity index (χ3n) is 5.17. The van der Waals surface area contributed by atoms with E-state index in [1.165, 1.54) is 31.4 Å². The minimum Gasteiger partial charge on any atom is -0.382 e. The van der Waals surface area contributed by atoms with Crippen LogP contribution >= 0.6 is 0 Å². The van der Waals surface area contributed by atoms with Crippen molar-refractivity contribution in [2.45, 2.75) is 44.3 Å². The SMILES string of the molecule is FC(F)(F)c1cccc(-c2cc(NC3CCCCC3)c3ccccc3n2)c1. The van der Waals surface area contributed by atoms with E-state index in [1.54, 1.807) is 6.07 Å². The lowest BCUT2D eigenvalue weighted by Gasteiger charge is -2.25. The van der Waals surface area contributed by atoms with Crippen LogP contribution in [0.1, 0.15) is 37.7 Å². The quantitative estimate of drug-likeness (QED) is 0.557. The van der Waals surface area contributed by atoms with Crippen LogP contribution in [0.4, 0.5) is 18.9 Å². The van der Waals surface area contributed by atoms with Crippen molar-refractivity contribution in [2.24, 2.45) is 0 Å². The normalized spacial score (nSPS) is 15.8. The number of nitrogens with one attached hydrogen (secondary N) is 1. The molecule has 0 amide bonds. The van der Waals surface area contributed by atoms with Crippen LogP contribution in [0.15, 0.2) is 54.6 Å². The van der Waals surface area contributed by atoms with Crippen LogP contribution in [-0.2, 0) is 6.18 Å². The number of benzene rings is 2.